The molecule has 0 amide bonds. The van der Waals surface area contributed by atoms with Crippen LogP contribution in [0.15, 0.2) is 22.7 Å². The summed E-state index contributed by atoms with van der Waals surface area (Å²) in [6.45, 7) is 4.27. The molecule has 1 fully saturated rings. The molecule has 3 heteroatoms. The minimum atomic E-state index is 0.888. The lowest BCUT2D eigenvalue weighted by atomic mass is 10.1. The fraction of sp³-hybridized carbons (Fsp3) is 0.538. The van der Waals surface area contributed by atoms with Crippen molar-refractivity contribution in [2.75, 3.05) is 18.1 Å². The molecular weight excluding hydrogens is 282 g/mol. The molecule has 2 rings (SSSR count). The summed E-state index contributed by atoms with van der Waals surface area (Å²) in [6.07, 6.45) is 1.38. The zero-order valence-corrected chi connectivity index (χ0v) is 12.0. The lowest BCUT2D eigenvalue weighted by Gasteiger charge is -2.10. The monoisotopic (exact) mass is 299 g/mol. The summed E-state index contributed by atoms with van der Waals surface area (Å²) in [5, 5.41) is 3.56. The van der Waals surface area contributed by atoms with Gasteiger partial charge in [-0.15, -0.1) is 0 Å². The first-order valence-corrected chi connectivity index (χ1v) is 7.74. The second-order valence-electron chi connectivity index (χ2n) is 4.44. The van der Waals surface area contributed by atoms with Gasteiger partial charge >= 0.3 is 0 Å². The van der Waals surface area contributed by atoms with Crippen molar-refractivity contribution in [2.24, 2.45) is 5.92 Å². The molecule has 16 heavy (non-hydrogen) atoms. The smallest absolute Gasteiger partial charge is 0.0207 e. The number of thioether (sulfide) groups is 1. The van der Waals surface area contributed by atoms with Gasteiger partial charge in [0, 0.05) is 11.0 Å². The molecule has 0 radical (unpaired) electrons. The molecule has 1 aliphatic rings. The summed E-state index contributed by atoms with van der Waals surface area (Å²) < 4.78 is 1.21. The minimum absolute atomic E-state index is 0.888. The molecule has 0 aromatic heterocycles. The van der Waals surface area contributed by atoms with Crippen LogP contribution in [0.5, 0.6) is 0 Å². The van der Waals surface area contributed by atoms with Gasteiger partial charge in [-0.1, -0.05) is 28.1 Å². The van der Waals surface area contributed by atoms with Crippen LogP contribution in [0.3, 0.4) is 0 Å². The second kappa shape index (κ2) is 6.08. The SMILES string of the molecule is Cc1ccc(CNCC2CCSC2)cc1Br. The van der Waals surface area contributed by atoms with Crippen molar-refractivity contribution < 1.29 is 0 Å². The Labute approximate surface area is 111 Å². The van der Waals surface area contributed by atoms with E-state index in [1.165, 1.54) is 40.1 Å². The van der Waals surface area contributed by atoms with Crippen molar-refractivity contribution in [3.63, 3.8) is 0 Å². The number of hydrogen-bond donors (Lipinski definition) is 1. The number of aryl methyl sites for hydroxylation is 1. The number of benzene rings is 1. The fourth-order valence-corrected chi connectivity index (χ4v) is 3.62. The zero-order chi connectivity index (χ0) is 11.4. The summed E-state index contributed by atoms with van der Waals surface area (Å²) in [6, 6.07) is 6.59. The van der Waals surface area contributed by atoms with E-state index in [9.17, 15) is 0 Å². The number of hydrogen-bond acceptors (Lipinski definition) is 2. The van der Waals surface area contributed by atoms with Crippen molar-refractivity contribution in [3.05, 3.63) is 33.8 Å². The highest BCUT2D eigenvalue weighted by Gasteiger charge is 2.14. The van der Waals surface area contributed by atoms with Crippen LogP contribution in [0.25, 0.3) is 0 Å². The molecule has 1 saturated heterocycles. The highest BCUT2D eigenvalue weighted by molar-refractivity contribution is 9.10. The Bertz CT molecular complexity index is 348. The highest BCUT2D eigenvalue weighted by Crippen LogP contribution is 2.22. The van der Waals surface area contributed by atoms with Gasteiger partial charge in [-0.2, -0.15) is 11.8 Å². The first-order valence-electron chi connectivity index (χ1n) is 5.79. The van der Waals surface area contributed by atoms with Gasteiger partial charge in [-0.3, -0.25) is 0 Å². The Kier molecular flexibility index (Phi) is 4.74. The average molecular weight is 300 g/mol. The van der Waals surface area contributed by atoms with E-state index in [1.54, 1.807) is 0 Å². The van der Waals surface area contributed by atoms with Gasteiger partial charge in [0.1, 0.15) is 0 Å². The summed E-state index contributed by atoms with van der Waals surface area (Å²) in [4.78, 5) is 0. The second-order valence-corrected chi connectivity index (χ2v) is 6.45. The highest BCUT2D eigenvalue weighted by atomic mass is 79.9. The summed E-state index contributed by atoms with van der Waals surface area (Å²) in [5.41, 5.74) is 2.67. The first-order chi connectivity index (χ1) is 7.75. The standard InChI is InChI=1S/C13H18BrNS/c1-10-2-3-11(6-13(10)14)7-15-8-12-4-5-16-9-12/h2-3,6,12,15H,4-5,7-9H2,1H3. The molecule has 1 atom stereocenters. The van der Waals surface area contributed by atoms with E-state index >= 15 is 0 Å². The molecule has 1 N–H and O–H groups in total. The molecule has 1 nitrogen and oxygen atoms in total. The van der Waals surface area contributed by atoms with Crippen LogP contribution < -0.4 is 5.32 Å². The number of nitrogens with one attached hydrogen (secondary N) is 1. The molecule has 88 valence electrons. The minimum Gasteiger partial charge on any atom is -0.312 e. The average Bonchev–Trinajstić information content (AvgIpc) is 2.76. The van der Waals surface area contributed by atoms with E-state index in [2.05, 4.69) is 58.1 Å². The molecule has 1 aromatic carbocycles. The Hall–Kier alpha value is 0.01000. The third-order valence-corrected chi connectivity index (χ3v) is 5.11. The van der Waals surface area contributed by atoms with E-state index in [0.29, 0.717) is 0 Å². The Morgan fingerprint density at radius 1 is 1.50 bits per heavy atom. The number of rotatable bonds is 4. The van der Waals surface area contributed by atoms with Gasteiger partial charge in [-0.05, 0) is 54.5 Å². The summed E-state index contributed by atoms with van der Waals surface area (Å²) >= 11 is 5.66. The van der Waals surface area contributed by atoms with Crippen molar-refractivity contribution in [1.29, 1.82) is 0 Å². The molecule has 1 aromatic rings. The van der Waals surface area contributed by atoms with Gasteiger partial charge in [0.15, 0.2) is 0 Å². The summed E-state index contributed by atoms with van der Waals surface area (Å²) in [7, 11) is 0. The molecule has 0 aliphatic carbocycles. The van der Waals surface area contributed by atoms with Gasteiger partial charge < -0.3 is 5.32 Å². The topological polar surface area (TPSA) is 12.0 Å². The lowest BCUT2D eigenvalue weighted by Crippen LogP contribution is -2.22. The maximum Gasteiger partial charge on any atom is 0.0207 e. The molecule has 0 saturated carbocycles. The van der Waals surface area contributed by atoms with E-state index in [-0.39, 0.29) is 0 Å². The van der Waals surface area contributed by atoms with Crippen LogP contribution in [0.2, 0.25) is 0 Å². The molecule has 0 spiro atoms. The Morgan fingerprint density at radius 3 is 3.06 bits per heavy atom. The third kappa shape index (κ3) is 3.51. The predicted molar refractivity (Wildman–Crippen MR) is 76.0 cm³/mol. The Balaban J connectivity index is 1.78. The van der Waals surface area contributed by atoms with E-state index in [1.807, 2.05) is 0 Å². The molecular formula is C13H18BrNS. The van der Waals surface area contributed by atoms with Crippen molar-refractivity contribution in [1.82, 2.24) is 5.32 Å². The zero-order valence-electron chi connectivity index (χ0n) is 9.63. The van der Waals surface area contributed by atoms with Crippen molar-refractivity contribution in [3.8, 4) is 0 Å². The molecule has 1 heterocycles. The third-order valence-electron chi connectivity index (χ3n) is 3.02. The van der Waals surface area contributed by atoms with Crippen molar-refractivity contribution in [2.45, 2.75) is 19.9 Å². The van der Waals surface area contributed by atoms with E-state index < -0.39 is 0 Å². The normalized spacial score (nSPS) is 20.2. The van der Waals surface area contributed by atoms with Gasteiger partial charge in [0.2, 0.25) is 0 Å². The van der Waals surface area contributed by atoms with Crippen LogP contribution in [0.1, 0.15) is 17.5 Å². The lowest BCUT2D eigenvalue weighted by molar-refractivity contribution is 0.523. The molecule has 1 aliphatic heterocycles. The van der Waals surface area contributed by atoms with Crippen molar-refractivity contribution >= 4 is 27.7 Å². The summed E-state index contributed by atoms with van der Waals surface area (Å²) in [5.74, 6) is 3.58. The van der Waals surface area contributed by atoms with Gasteiger partial charge in [-0.25, -0.2) is 0 Å². The largest absolute Gasteiger partial charge is 0.312 e. The van der Waals surface area contributed by atoms with Crippen LogP contribution in [0, 0.1) is 12.8 Å². The van der Waals surface area contributed by atoms with Gasteiger partial charge in [0.25, 0.3) is 0 Å². The van der Waals surface area contributed by atoms with E-state index in [0.717, 1.165) is 12.5 Å². The quantitative estimate of drug-likeness (QED) is 0.912. The number of halogens is 1. The van der Waals surface area contributed by atoms with Gasteiger partial charge in [0.05, 0.1) is 0 Å². The van der Waals surface area contributed by atoms with E-state index in [4.69, 9.17) is 0 Å². The van der Waals surface area contributed by atoms with Crippen LogP contribution >= 0.6 is 27.7 Å². The maximum absolute atomic E-state index is 3.57. The maximum atomic E-state index is 3.57. The first kappa shape index (κ1) is 12.5. The Morgan fingerprint density at radius 2 is 2.38 bits per heavy atom. The van der Waals surface area contributed by atoms with Crippen LogP contribution in [-0.2, 0) is 6.54 Å². The molecule has 0 bridgehead atoms. The molecule has 1 unspecified atom stereocenters. The fourth-order valence-electron chi connectivity index (χ4n) is 1.91. The van der Waals surface area contributed by atoms with Crippen LogP contribution in [0.4, 0.5) is 0 Å². The van der Waals surface area contributed by atoms with Crippen LogP contribution in [-0.4, -0.2) is 18.1 Å². The predicted octanol–water partition coefficient (Wildman–Crippen LogP) is 3.60.